The molecule has 2 aromatic carbocycles. The number of hydrogen-bond acceptors (Lipinski definition) is 7. The van der Waals surface area contributed by atoms with Crippen LogP contribution < -0.4 is 14.3 Å². The third kappa shape index (κ3) is 4.59. The lowest BCUT2D eigenvalue weighted by Gasteiger charge is -2.32. The van der Waals surface area contributed by atoms with E-state index in [4.69, 9.17) is 14.6 Å². The highest BCUT2D eigenvalue weighted by atomic mass is 32.2. The van der Waals surface area contributed by atoms with Gasteiger partial charge in [0.2, 0.25) is 0 Å². The Kier molecular flexibility index (Phi) is 5.39. The van der Waals surface area contributed by atoms with Gasteiger partial charge in [-0.3, -0.25) is 5.01 Å². The van der Waals surface area contributed by atoms with E-state index in [9.17, 15) is 8.42 Å². The number of anilines is 1. The monoisotopic (exact) mass is 424 g/mol. The Bertz CT molecular complexity index is 1170. The largest absolute Gasteiger partial charge is 0.380 e. The molecular formula is C20H20N6O3S. The van der Waals surface area contributed by atoms with Crippen LogP contribution in [-0.2, 0) is 23.1 Å². The fourth-order valence-electron chi connectivity index (χ4n) is 3.75. The fraction of sp³-hybridized carbons (Fsp3) is 0.250. The van der Waals surface area contributed by atoms with Crippen LogP contribution in [0.3, 0.4) is 0 Å². The Morgan fingerprint density at radius 1 is 1.17 bits per heavy atom. The number of hydrogen-bond donors (Lipinski definition) is 1. The first kappa shape index (κ1) is 19.9. The predicted octanol–water partition coefficient (Wildman–Crippen LogP) is 1.81. The molecule has 1 aliphatic rings. The zero-order valence-electron chi connectivity index (χ0n) is 16.0. The van der Waals surface area contributed by atoms with Crippen LogP contribution in [0, 0.1) is 17.2 Å². The van der Waals surface area contributed by atoms with Gasteiger partial charge in [-0.2, -0.15) is 18.8 Å². The lowest BCUT2D eigenvalue weighted by atomic mass is 9.83. The summed E-state index contributed by atoms with van der Waals surface area (Å²) in [5.74, 6) is 0.596. The van der Waals surface area contributed by atoms with Crippen molar-refractivity contribution in [3.63, 3.8) is 0 Å². The summed E-state index contributed by atoms with van der Waals surface area (Å²) in [6.45, 7) is 0.735. The zero-order chi connectivity index (χ0) is 21.1. The van der Waals surface area contributed by atoms with E-state index in [0.29, 0.717) is 11.5 Å². The van der Waals surface area contributed by atoms with Gasteiger partial charge in [0.1, 0.15) is 18.4 Å². The molecule has 3 aromatic rings. The first-order valence-corrected chi connectivity index (χ1v) is 10.8. The Morgan fingerprint density at radius 2 is 1.90 bits per heavy atom. The Labute approximate surface area is 174 Å². The van der Waals surface area contributed by atoms with Gasteiger partial charge in [0, 0.05) is 6.54 Å². The Hall–Kier alpha value is -3.42. The summed E-state index contributed by atoms with van der Waals surface area (Å²) >= 11 is 0. The topological polar surface area (TPSA) is 127 Å². The number of fused-ring (bicyclic) bond motifs is 1. The minimum atomic E-state index is -4.03. The van der Waals surface area contributed by atoms with Crippen LogP contribution in [0.2, 0.25) is 0 Å². The standard InChI is InChI=1S/C20H20N6O3S/c21-11-15-2-6-19(7-3-15)26(25-13-23-24-14-25)12-16-1-4-18-10-20(29-30(22,27)28)8-5-17(18)9-16/h2-3,5-8,10,13-14,16H,1,4,9,12H2,(H2,22,27,28). The number of nitriles is 1. The van der Waals surface area contributed by atoms with Gasteiger partial charge in [-0.05, 0) is 72.7 Å². The van der Waals surface area contributed by atoms with Crippen molar-refractivity contribution in [2.75, 3.05) is 11.6 Å². The molecule has 0 fully saturated rings. The second kappa shape index (κ2) is 8.14. The van der Waals surface area contributed by atoms with Crippen LogP contribution in [0.4, 0.5) is 5.69 Å². The van der Waals surface area contributed by atoms with Crippen LogP contribution in [0.1, 0.15) is 23.1 Å². The van der Waals surface area contributed by atoms with Gasteiger partial charge in [-0.25, -0.2) is 4.68 Å². The smallest absolute Gasteiger partial charge is 0.371 e. The van der Waals surface area contributed by atoms with Gasteiger partial charge < -0.3 is 4.18 Å². The molecule has 1 atom stereocenters. The molecule has 9 nitrogen and oxygen atoms in total. The average Bonchev–Trinajstić information content (AvgIpc) is 3.25. The van der Waals surface area contributed by atoms with E-state index in [0.717, 1.165) is 42.6 Å². The van der Waals surface area contributed by atoms with Crippen LogP contribution in [0.5, 0.6) is 5.75 Å². The van der Waals surface area contributed by atoms with E-state index in [2.05, 4.69) is 21.3 Å². The van der Waals surface area contributed by atoms with E-state index >= 15 is 0 Å². The molecular weight excluding hydrogens is 404 g/mol. The number of rotatable bonds is 6. The molecule has 30 heavy (non-hydrogen) atoms. The first-order chi connectivity index (χ1) is 14.4. The molecule has 1 heterocycles. The summed E-state index contributed by atoms with van der Waals surface area (Å²) in [7, 11) is -4.03. The summed E-state index contributed by atoms with van der Waals surface area (Å²) in [4.78, 5) is 0. The highest BCUT2D eigenvalue weighted by Gasteiger charge is 2.23. The molecule has 1 aromatic heterocycles. The van der Waals surface area contributed by atoms with Crippen molar-refractivity contribution in [2.45, 2.75) is 19.3 Å². The molecule has 154 valence electrons. The Morgan fingerprint density at radius 3 is 2.57 bits per heavy atom. The van der Waals surface area contributed by atoms with Crippen LogP contribution in [-0.4, -0.2) is 29.8 Å². The number of aromatic nitrogens is 3. The second-order valence-corrected chi connectivity index (χ2v) is 8.35. The van der Waals surface area contributed by atoms with Gasteiger partial charge in [0.25, 0.3) is 0 Å². The molecule has 0 saturated heterocycles. The first-order valence-electron chi connectivity index (χ1n) is 9.38. The predicted molar refractivity (Wildman–Crippen MR) is 110 cm³/mol. The maximum Gasteiger partial charge on any atom is 0.380 e. The molecule has 4 rings (SSSR count). The molecule has 2 N–H and O–H groups in total. The molecule has 0 spiro atoms. The molecule has 0 amide bonds. The minimum Gasteiger partial charge on any atom is -0.371 e. The highest BCUT2D eigenvalue weighted by molar-refractivity contribution is 7.84. The van der Waals surface area contributed by atoms with Crippen molar-refractivity contribution in [1.29, 1.82) is 5.26 Å². The van der Waals surface area contributed by atoms with Gasteiger partial charge >= 0.3 is 10.3 Å². The summed E-state index contributed by atoms with van der Waals surface area (Å²) in [6, 6.07) is 14.8. The zero-order valence-corrected chi connectivity index (χ0v) is 16.9. The third-order valence-corrected chi connectivity index (χ3v) is 5.56. The third-order valence-electron chi connectivity index (χ3n) is 5.13. The molecule has 0 radical (unpaired) electrons. The van der Waals surface area contributed by atoms with Crippen molar-refractivity contribution in [2.24, 2.45) is 11.1 Å². The van der Waals surface area contributed by atoms with E-state index < -0.39 is 10.3 Å². The maximum atomic E-state index is 11.1. The summed E-state index contributed by atoms with van der Waals surface area (Å²) in [5.41, 5.74) is 3.78. The van der Waals surface area contributed by atoms with Gasteiger partial charge in [-0.1, -0.05) is 6.07 Å². The Balaban J connectivity index is 1.53. The fourth-order valence-corrected chi connectivity index (χ4v) is 4.13. The highest BCUT2D eigenvalue weighted by Crippen LogP contribution is 2.30. The van der Waals surface area contributed by atoms with Gasteiger partial charge in [-0.15, -0.1) is 10.2 Å². The number of aryl methyl sites for hydroxylation is 1. The summed E-state index contributed by atoms with van der Waals surface area (Å²) in [6.07, 6.45) is 5.88. The lowest BCUT2D eigenvalue weighted by Crippen LogP contribution is -2.35. The summed E-state index contributed by atoms with van der Waals surface area (Å²) in [5, 5.41) is 23.9. The van der Waals surface area contributed by atoms with Crippen LogP contribution in [0.25, 0.3) is 0 Å². The molecule has 10 heteroatoms. The maximum absolute atomic E-state index is 11.1. The minimum absolute atomic E-state index is 0.235. The number of nitrogens with zero attached hydrogens (tertiary/aromatic N) is 5. The SMILES string of the molecule is N#Cc1ccc(N(CC2CCc3cc(OS(N)(=O)=O)ccc3C2)n2cnnc2)cc1. The molecule has 0 aliphatic heterocycles. The van der Waals surface area contributed by atoms with Crippen molar-refractivity contribution in [3.8, 4) is 11.8 Å². The average molecular weight is 424 g/mol. The van der Waals surface area contributed by atoms with E-state index in [-0.39, 0.29) is 5.75 Å². The van der Waals surface area contributed by atoms with Gasteiger partial charge in [0.05, 0.1) is 17.3 Å². The van der Waals surface area contributed by atoms with Crippen molar-refractivity contribution >= 4 is 16.0 Å². The van der Waals surface area contributed by atoms with Gasteiger partial charge in [0.15, 0.2) is 0 Å². The number of benzene rings is 2. The summed E-state index contributed by atoms with van der Waals surface area (Å²) < 4.78 is 28.9. The van der Waals surface area contributed by atoms with E-state index in [1.165, 1.54) is 0 Å². The van der Waals surface area contributed by atoms with Crippen molar-refractivity contribution < 1.29 is 12.6 Å². The van der Waals surface area contributed by atoms with Crippen LogP contribution >= 0.6 is 0 Å². The lowest BCUT2D eigenvalue weighted by molar-refractivity contribution is 0.435. The van der Waals surface area contributed by atoms with Crippen molar-refractivity contribution in [3.05, 3.63) is 71.8 Å². The number of nitrogens with two attached hydrogens (primary N) is 1. The normalized spacial score (nSPS) is 15.8. The van der Waals surface area contributed by atoms with E-state index in [1.807, 2.05) is 22.9 Å². The molecule has 1 aliphatic carbocycles. The molecule has 0 bridgehead atoms. The van der Waals surface area contributed by atoms with Crippen LogP contribution in [0.15, 0.2) is 55.1 Å². The molecule has 1 unspecified atom stereocenters. The van der Waals surface area contributed by atoms with Crippen molar-refractivity contribution in [1.82, 2.24) is 14.9 Å². The molecule has 0 saturated carbocycles. The quantitative estimate of drug-likeness (QED) is 0.639. The van der Waals surface area contributed by atoms with E-state index in [1.54, 1.807) is 36.9 Å². The second-order valence-electron chi connectivity index (χ2n) is 7.20.